The lowest BCUT2D eigenvalue weighted by Crippen LogP contribution is -2.21. The SMILES string of the molecule is CC(C)c1ccc(C(=O)OCC(=O)Nc2ccc(F)c(Cl)c2)cc1. The number of hydrogen-bond donors (Lipinski definition) is 1. The highest BCUT2D eigenvalue weighted by molar-refractivity contribution is 6.31. The maximum atomic E-state index is 13.0. The molecule has 126 valence electrons. The monoisotopic (exact) mass is 349 g/mol. The van der Waals surface area contributed by atoms with E-state index in [0.29, 0.717) is 17.2 Å². The molecule has 0 aromatic heterocycles. The Morgan fingerprint density at radius 3 is 2.42 bits per heavy atom. The Balaban J connectivity index is 1.88. The molecule has 1 N–H and O–H groups in total. The van der Waals surface area contributed by atoms with E-state index < -0.39 is 24.3 Å². The van der Waals surface area contributed by atoms with Crippen LogP contribution >= 0.6 is 11.6 Å². The summed E-state index contributed by atoms with van der Waals surface area (Å²) in [6.07, 6.45) is 0. The van der Waals surface area contributed by atoms with E-state index in [2.05, 4.69) is 19.2 Å². The molecule has 0 saturated heterocycles. The Morgan fingerprint density at radius 1 is 1.17 bits per heavy atom. The molecule has 0 bridgehead atoms. The second-order valence-electron chi connectivity index (χ2n) is 5.53. The number of halogens is 2. The first kappa shape index (κ1) is 17.9. The summed E-state index contributed by atoms with van der Waals surface area (Å²) in [5.41, 5.74) is 1.80. The van der Waals surface area contributed by atoms with Crippen molar-refractivity contribution in [1.82, 2.24) is 0 Å². The molecule has 0 fully saturated rings. The van der Waals surface area contributed by atoms with Crippen molar-refractivity contribution in [3.05, 3.63) is 64.4 Å². The number of rotatable bonds is 5. The molecule has 4 nitrogen and oxygen atoms in total. The average molecular weight is 350 g/mol. The van der Waals surface area contributed by atoms with Crippen LogP contribution in [0, 0.1) is 5.82 Å². The Bertz CT molecular complexity index is 744. The third-order valence-corrected chi connectivity index (χ3v) is 3.64. The summed E-state index contributed by atoms with van der Waals surface area (Å²) in [6.45, 7) is 3.67. The van der Waals surface area contributed by atoms with Crippen LogP contribution in [0.5, 0.6) is 0 Å². The molecular weight excluding hydrogens is 333 g/mol. The fourth-order valence-corrected chi connectivity index (χ4v) is 2.17. The van der Waals surface area contributed by atoms with Gasteiger partial charge in [-0.25, -0.2) is 9.18 Å². The van der Waals surface area contributed by atoms with Gasteiger partial charge in [0.2, 0.25) is 0 Å². The molecule has 0 radical (unpaired) electrons. The van der Waals surface area contributed by atoms with Crippen molar-refractivity contribution in [1.29, 1.82) is 0 Å². The third kappa shape index (κ3) is 4.80. The number of benzene rings is 2. The van der Waals surface area contributed by atoms with Crippen molar-refractivity contribution in [2.75, 3.05) is 11.9 Å². The van der Waals surface area contributed by atoms with Gasteiger partial charge in [0.1, 0.15) is 5.82 Å². The van der Waals surface area contributed by atoms with Gasteiger partial charge in [-0.1, -0.05) is 37.6 Å². The van der Waals surface area contributed by atoms with Crippen molar-refractivity contribution in [3.63, 3.8) is 0 Å². The summed E-state index contributed by atoms with van der Waals surface area (Å²) < 4.78 is 18.0. The van der Waals surface area contributed by atoms with Gasteiger partial charge in [0.05, 0.1) is 10.6 Å². The van der Waals surface area contributed by atoms with Crippen molar-refractivity contribution in [2.24, 2.45) is 0 Å². The average Bonchev–Trinajstić information content (AvgIpc) is 2.56. The van der Waals surface area contributed by atoms with Gasteiger partial charge in [-0.3, -0.25) is 4.79 Å². The molecule has 0 aliphatic carbocycles. The normalized spacial score (nSPS) is 10.5. The van der Waals surface area contributed by atoms with Gasteiger partial charge in [-0.2, -0.15) is 0 Å². The van der Waals surface area contributed by atoms with Crippen molar-refractivity contribution in [3.8, 4) is 0 Å². The summed E-state index contributed by atoms with van der Waals surface area (Å²) in [5.74, 6) is -1.34. The van der Waals surface area contributed by atoms with E-state index in [0.717, 1.165) is 11.6 Å². The van der Waals surface area contributed by atoms with E-state index in [9.17, 15) is 14.0 Å². The highest BCUT2D eigenvalue weighted by atomic mass is 35.5. The third-order valence-electron chi connectivity index (χ3n) is 3.35. The van der Waals surface area contributed by atoms with Gasteiger partial charge < -0.3 is 10.1 Å². The smallest absolute Gasteiger partial charge is 0.338 e. The minimum absolute atomic E-state index is 0.102. The van der Waals surface area contributed by atoms with Crippen molar-refractivity contribution < 1.29 is 18.7 Å². The van der Waals surface area contributed by atoms with E-state index >= 15 is 0 Å². The quantitative estimate of drug-likeness (QED) is 0.814. The summed E-state index contributed by atoms with van der Waals surface area (Å²) in [7, 11) is 0. The van der Waals surface area contributed by atoms with Gasteiger partial charge in [-0.15, -0.1) is 0 Å². The maximum absolute atomic E-state index is 13.0. The molecule has 6 heteroatoms. The first-order valence-electron chi connectivity index (χ1n) is 7.39. The maximum Gasteiger partial charge on any atom is 0.338 e. The van der Waals surface area contributed by atoms with Crippen LogP contribution in [0.15, 0.2) is 42.5 Å². The summed E-state index contributed by atoms with van der Waals surface area (Å²) in [5, 5.41) is 2.37. The predicted octanol–water partition coefficient (Wildman–Crippen LogP) is 4.40. The molecule has 0 aliphatic rings. The fraction of sp³-hybridized carbons (Fsp3) is 0.222. The predicted molar refractivity (Wildman–Crippen MR) is 90.9 cm³/mol. The Morgan fingerprint density at radius 2 is 1.83 bits per heavy atom. The zero-order chi connectivity index (χ0) is 17.7. The second-order valence-corrected chi connectivity index (χ2v) is 5.94. The van der Waals surface area contributed by atoms with E-state index in [4.69, 9.17) is 16.3 Å². The standard InChI is InChI=1S/C18H17ClFNO3/c1-11(2)12-3-5-13(6-4-12)18(23)24-10-17(22)21-14-7-8-16(20)15(19)9-14/h3-9,11H,10H2,1-2H3,(H,21,22). The van der Waals surface area contributed by atoms with E-state index in [1.807, 2.05) is 12.1 Å². The molecular formula is C18H17ClFNO3. The van der Waals surface area contributed by atoms with Crippen LogP contribution in [0.2, 0.25) is 5.02 Å². The van der Waals surface area contributed by atoms with Gasteiger partial charge in [0.15, 0.2) is 6.61 Å². The lowest BCUT2D eigenvalue weighted by atomic mass is 10.0. The number of ether oxygens (including phenoxy) is 1. The Kier molecular flexibility index (Phi) is 5.93. The van der Waals surface area contributed by atoms with E-state index in [-0.39, 0.29) is 5.02 Å². The number of hydrogen-bond acceptors (Lipinski definition) is 3. The summed E-state index contributed by atoms with van der Waals surface area (Å²) >= 11 is 5.63. The number of nitrogens with one attached hydrogen (secondary N) is 1. The molecule has 0 spiro atoms. The molecule has 0 saturated carbocycles. The largest absolute Gasteiger partial charge is 0.452 e. The summed E-state index contributed by atoms with van der Waals surface area (Å²) in [6, 6.07) is 10.8. The van der Waals surface area contributed by atoms with Gasteiger partial charge >= 0.3 is 5.97 Å². The van der Waals surface area contributed by atoms with Gasteiger partial charge in [0.25, 0.3) is 5.91 Å². The molecule has 0 unspecified atom stereocenters. The second kappa shape index (κ2) is 7.93. The van der Waals surface area contributed by atoms with Crippen LogP contribution in [-0.2, 0) is 9.53 Å². The number of carbonyl (C=O) groups is 2. The Hall–Kier alpha value is -2.40. The molecule has 2 aromatic carbocycles. The van der Waals surface area contributed by atoms with Crippen LogP contribution in [0.1, 0.15) is 35.7 Å². The van der Waals surface area contributed by atoms with Crippen LogP contribution in [0.3, 0.4) is 0 Å². The first-order valence-corrected chi connectivity index (χ1v) is 7.76. The van der Waals surface area contributed by atoms with Crippen LogP contribution in [-0.4, -0.2) is 18.5 Å². The van der Waals surface area contributed by atoms with Crippen LogP contribution in [0.25, 0.3) is 0 Å². The highest BCUT2D eigenvalue weighted by Crippen LogP contribution is 2.19. The Labute approximate surface area is 144 Å². The minimum atomic E-state index is -0.586. The first-order chi connectivity index (χ1) is 11.4. The van der Waals surface area contributed by atoms with E-state index in [1.54, 1.807) is 12.1 Å². The molecule has 2 aromatic rings. The number of anilines is 1. The van der Waals surface area contributed by atoms with Gasteiger partial charge in [-0.05, 0) is 41.8 Å². The lowest BCUT2D eigenvalue weighted by Gasteiger charge is -2.08. The molecule has 1 amide bonds. The minimum Gasteiger partial charge on any atom is -0.452 e. The topological polar surface area (TPSA) is 55.4 Å². The number of esters is 1. The molecule has 0 heterocycles. The molecule has 0 aliphatic heterocycles. The van der Waals surface area contributed by atoms with Gasteiger partial charge in [0, 0.05) is 5.69 Å². The fourth-order valence-electron chi connectivity index (χ4n) is 1.99. The van der Waals surface area contributed by atoms with Crippen LogP contribution in [0.4, 0.5) is 10.1 Å². The summed E-state index contributed by atoms with van der Waals surface area (Å²) in [4.78, 5) is 23.7. The van der Waals surface area contributed by atoms with Crippen molar-refractivity contribution >= 4 is 29.2 Å². The number of carbonyl (C=O) groups excluding carboxylic acids is 2. The highest BCUT2D eigenvalue weighted by Gasteiger charge is 2.11. The van der Waals surface area contributed by atoms with Crippen molar-refractivity contribution in [2.45, 2.75) is 19.8 Å². The zero-order valence-corrected chi connectivity index (χ0v) is 14.1. The zero-order valence-electron chi connectivity index (χ0n) is 13.3. The molecule has 0 atom stereocenters. The van der Waals surface area contributed by atoms with E-state index in [1.165, 1.54) is 12.1 Å². The lowest BCUT2D eigenvalue weighted by molar-refractivity contribution is -0.119. The molecule has 2 rings (SSSR count). The number of amides is 1. The molecule has 24 heavy (non-hydrogen) atoms. The van der Waals surface area contributed by atoms with Crippen LogP contribution < -0.4 is 5.32 Å².